The Kier molecular flexibility index (Phi) is 6.55. The second kappa shape index (κ2) is 9.94. The smallest absolute Gasteiger partial charge is 0.292 e. The average molecular weight is 506 g/mol. The summed E-state index contributed by atoms with van der Waals surface area (Å²) in [7, 11) is 0. The van der Waals surface area contributed by atoms with Gasteiger partial charge in [-0.2, -0.15) is 9.61 Å². The molecule has 10 nitrogen and oxygen atoms in total. The summed E-state index contributed by atoms with van der Waals surface area (Å²) in [5, 5.41) is 20.1. The second-order valence-electron chi connectivity index (χ2n) is 9.01. The van der Waals surface area contributed by atoms with Crippen LogP contribution in [-0.4, -0.2) is 45.7 Å². The quantitative estimate of drug-likeness (QED) is 0.295. The lowest BCUT2D eigenvalue weighted by Gasteiger charge is -2.36. The Balaban J connectivity index is 1.31. The molecule has 0 unspecified atom stereocenters. The number of piperazine rings is 1. The third-order valence-electron chi connectivity index (χ3n) is 6.21. The van der Waals surface area contributed by atoms with Crippen LogP contribution in [-0.2, 0) is 6.54 Å². The van der Waals surface area contributed by atoms with Crippen LogP contribution >= 0.6 is 11.3 Å². The molecule has 0 spiro atoms. The summed E-state index contributed by atoms with van der Waals surface area (Å²) in [5.74, 6) is 0.893. The largest absolute Gasteiger partial charge is 0.375 e. The van der Waals surface area contributed by atoms with Gasteiger partial charge in [0.25, 0.3) is 11.2 Å². The van der Waals surface area contributed by atoms with E-state index in [1.54, 1.807) is 18.2 Å². The number of nitro benzene ring substituents is 1. The molecule has 1 N–H and O–H groups in total. The predicted octanol–water partition coefficient (Wildman–Crippen LogP) is 4.12. The monoisotopic (exact) mass is 505 g/mol. The van der Waals surface area contributed by atoms with E-state index in [1.807, 2.05) is 50.2 Å². The van der Waals surface area contributed by atoms with Crippen LogP contribution in [0.15, 0.2) is 59.4 Å². The molecule has 2 aromatic heterocycles. The number of anilines is 3. The minimum absolute atomic E-state index is 0.0524. The van der Waals surface area contributed by atoms with Crippen LogP contribution in [0.25, 0.3) is 4.96 Å². The van der Waals surface area contributed by atoms with Crippen molar-refractivity contribution in [3.05, 3.63) is 85.6 Å². The van der Waals surface area contributed by atoms with Crippen molar-refractivity contribution in [3.8, 4) is 0 Å². The van der Waals surface area contributed by atoms with Gasteiger partial charge in [-0.3, -0.25) is 14.9 Å². The topological polar surface area (TPSA) is 109 Å². The van der Waals surface area contributed by atoms with Gasteiger partial charge in [-0.1, -0.05) is 55.5 Å². The molecule has 1 aliphatic heterocycles. The number of nitro groups is 1. The molecule has 1 fully saturated rings. The molecule has 0 amide bonds. The van der Waals surface area contributed by atoms with E-state index in [0.29, 0.717) is 49.2 Å². The Morgan fingerprint density at radius 3 is 2.47 bits per heavy atom. The van der Waals surface area contributed by atoms with Gasteiger partial charge in [-0.05, 0) is 17.7 Å². The Labute approximate surface area is 212 Å². The van der Waals surface area contributed by atoms with Crippen molar-refractivity contribution >= 4 is 39.2 Å². The van der Waals surface area contributed by atoms with E-state index in [-0.39, 0.29) is 22.1 Å². The van der Waals surface area contributed by atoms with Crippen LogP contribution in [0.4, 0.5) is 22.9 Å². The lowest BCUT2D eigenvalue weighted by Crippen LogP contribution is -2.47. The van der Waals surface area contributed by atoms with Crippen LogP contribution in [0.1, 0.15) is 30.3 Å². The fourth-order valence-corrected chi connectivity index (χ4v) is 5.12. The standard InChI is InChI=1S/C25H27N7O3S/c1-17(2)24-28-31-23(33)15-22(27-25(31)36-24)30-12-10-29(11-13-30)19-8-9-21(32(34)35)20(14-19)26-16-18-6-4-3-5-7-18/h3-9,14-15,17,26H,10-13,16H2,1-2H3. The van der Waals surface area contributed by atoms with Gasteiger partial charge in [0, 0.05) is 56.5 Å². The zero-order valence-corrected chi connectivity index (χ0v) is 20.9. The summed E-state index contributed by atoms with van der Waals surface area (Å²) >= 11 is 1.44. The van der Waals surface area contributed by atoms with Crippen LogP contribution in [0.2, 0.25) is 0 Å². The highest BCUT2D eigenvalue weighted by molar-refractivity contribution is 7.16. The maximum absolute atomic E-state index is 12.6. The van der Waals surface area contributed by atoms with Crippen molar-refractivity contribution in [2.45, 2.75) is 26.3 Å². The number of aromatic nitrogens is 3. The van der Waals surface area contributed by atoms with Gasteiger partial charge >= 0.3 is 0 Å². The fraction of sp³-hybridized carbons (Fsp3) is 0.320. The first-order valence-corrected chi connectivity index (χ1v) is 12.7. The molecule has 11 heteroatoms. The number of benzene rings is 2. The molecule has 0 aliphatic carbocycles. The SMILES string of the molecule is CC(C)c1nn2c(=O)cc(N3CCN(c4ccc([N+](=O)[O-])c(NCc5ccccc5)c4)CC3)nc2s1. The number of nitrogens with zero attached hydrogens (tertiary/aromatic N) is 6. The van der Waals surface area contributed by atoms with Crippen LogP contribution < -0.4 is 20.7 Å². The summed E-state index contributed by atoms with van der Waals surface area (Å²) in [4.78, 5) is 33.5. The molecule has 2 aromatic carbocycles. The number of hydrogen-bond donors (Lipinski definition) is 1. The molecule has 0 bridgehead atoms. The molecule has 0 radical (unpaired) electrons. The number of rotatable bonds is 7. The number of fused-ring (bicyclic) bond motifs is 1. The zero-order valence-electron chi connectivity index (χ0n) is 20.1. The minimum atomic E-state index is -0.362. The molecular weight excluding hydrogens is 478 g/mol. The van der Waals surface area contributed by atoms with Gasteiger partial charge in [0.1, 0.15) is 16.5 Å². The maximum atomic E-state index is 12.6. The molecule has 1 aliphatic rings. The molecule has 1 saturated heterocycles. The Morgan fingerprint density at radius 2 is 1.78 bits per heavy atom. The molecule has 36 heavy (non-hydrogen) atoms. The van der Waals surface area contributed by atoms with Crippen molar-refractivity contribution in [2.75, 3.05) is 41.3 Å². The minimum Gasteiger partial charge on any atom is -0.375 e. The summed E-state index contributed by atoms with van der Waals surface area (Å²) in [6.45, 7) is 7.37. The van der Waals surface area contributed by atoms with E-state index in [2.05, 4.69) is 20.2 Å². The summed E-state index contributed by atoms with van der Waals surface area (Å²) < 4.78 is 1.38. The van der Waals surface area contributed by atoms with Gasteiger partial charge in [0.05, 0.1) is 4.92 Å². The normalized spacial score (nSPS) is 14.0. The molecule has 186 valence electrons. The maximum Gasteiger partial charge on any atom is 0.292 e. The fourth-order valence-electron chi connectivity index (χ4n) is 4.22. The van der Waals surface area contributed by atoms with Gasteiger partial charge in [0.2, 0.25) is 4.96 Å². The summed E-state index contributed by atoms with van der Waals surface area (Å²) in [5.41, 5.74) is 2.34. The van der Waals surface area contributed by atoms with E-state index in [9.17, 15) is 14.9 Å². The first kappa shape index (κ1) is 23.7. The molecule has 5 rings (SSSR count). The van der Waals surface area contributed by atoms with E-state index < -0.39 is 0 Å². The Morgan fingerprint density at radius 1 is 1.06 bits per heavy atom. The molecular formula is C25H27N7O3S. The number of hydrogen-bond acceptors (Lipinski definition) is 9. The lowest BCUT2D eigenvalue weighted by molar-refractivity contribution is -0.384. The zero-order chi connectivity index (χ0) is 25.2. The highest BCUT2D eigenvalue weighted by Gasteiger charge is 2.22. The predicted molar refractivity (Wildman–Crippen MR) is 143 cm³/mol. The third kappa shape index (κ3) is 4.87. The highest BCUT2D eigenvalue weighted by Crippen LogP contribution is 2.31. The number of nitrogens with one attached hydrogen (secondary N) is 1. The van der Waals surface area contributed by atoms with Crippen LogP contribution in [0, 0.1) is 10.1 Å². The van der Waals surface area contributed by atoms with Crippen LogP contribution in [0.3, 0.4) is 0 Å². The van der Waals surface area contributed by atoms with Crippen molar-refractivity contribution in [2.24, 2.45) is 0 Å². The van der Waals surface area contributed by atoms with Crippen LogP contribution in [0.5, 0.6) is 0 Å². The van der Waals surface area contributed by atoms with Crippen molar-refractivity contribution in [1.82, 2.24) is 14.6 Å². The molecule has 4 aromatic rings. The molecule has 0 atom stereocenters. The van der Waals surface area contributed by atoms with Gasteiger partial charge < -0.3 is 15.1 Å². The first-order chi connectivity index (χ1) is 17.4. The third-order valence-corrected chi connectivity index (χ3v) is 7.42. The first-order valence-electron chi connectivity index (χ1n) is 11.9. The van der Waals surface area contributed by atoms with E-state index in [4.69, 9.17) is 4.98 Å². The van der Waals surface area contributed by atoms with Crippen molar-refractivity contribution in [1.29, 1.82) is 0 Å². The van der Waals surface area contributed by atoms with Gasteiger partial charge in [-0.25, -0.2) is 4.98 Å². The van der Waals surface area contributed by atoms with Gasteiger partial charge in [0.15, 0.2) is 0 Å². The molecule has 3 heterocycles. The van der Waals surface area contributed by atoms with E-state index in [1.165, 1.54) is 15.9 Å². The van der Waals surface area contributed by atoms with Crippen molar-refractivity contribution < 1.29 is 4.92 Å². The summed E-state index contributed by atoms with van der Waals surface area (Å²) in [6, 6.07) is 16.5. The molecule has 0 saturated carbocycles. The second-order valence-corrected chi connectivity index (χ2v) is 10.0. The van der Waals surface area contributed by atoms with Gasteiger partial charge in [-0.15, -0.1) is 0 Å². The Hall–Kier alpha value is -3.99. The Bertz CT molecular complexity index is 1440. The summed E-state index contributed by atoms with van der Waals surface area (Å²) in [6.07, 6.45) is 0. The average Bonchev–Trinajstić information content (AvgIpc) is 3.33. The van der Waals surface area contributed by atoms with Crippen molar-refractivity contribution in [3.63, 3.8) is 0 Å². The highest BCUT2D eigenvalue weighted by atomic mass is 32.1. The van der Waals surface area contributed by atoms with E-state index >= 15 is 0 Å². The van der Waals surface area contributed by atoms with E-state index in [0.717, 1.165) is 16.3 Å². The lowest BCUT2D eigenvalue weighted by atomic mass is 10.1.